The average molecular weight is 366 g/mol. The quantitative estimate of drug-likeness (QED) is 0.584. The van der Waals surface area contributed by atoms with Crippen LogP contribution in [-0.2, 0) is 11.8 Å². The minimum Gasteiger partial charge on any atom is -0.508 e. The first kappa shape index (κ1) is 19.0. The van der Waals surface area contributed by atoms with Crippen LogP contribution in [0.2, 0.25) is 0 Å². The number of hydrogen-bond acceptors (Lipinski definition) is 4. The topological polar surface area (TPSA) is 70.7 Å². The molecule has 27 heavy (non-hydrogen) atoms. The van der Waals surface area contributed by atoms with E-state index in [1.807, 2.05) is 6.07 Å². The molecule has 1 aromatic heterocycles. The van der Waals surface area contributed by atoms with Crippen LogP contribution in [-0.4, -0.2) is 10.2 Å². The molecule has 2 N–H and O–H groups in total. The summed E-state index contributed by atoms with van der Waals surface area (Å²) in [5.74, 6) is 0.239. The number of benzene rings is 2. The highest BCUT2D eigenvalue weighted by molar-refractivity contribution is 5.84. The Balaban J connectivity index is 2.04. The second kappa shape index (κ2) is 7.47. The molecule has 0 fully saturated rings. The monoisotopic (exact) mass is 366 g/mol. The maximum Gasteiger partial charge on any atom is 0.339 e. The lowest BCUT2D eigenvalue weighted by atomic mass is 9.80. The second-order valence-corrected chi connectivity index (χ2v) is 7.76. The van der Waals surface area contributed by atoms with E-state index in [-0.39, 0.29) is 23.3 Å². The number of fused-ring (bicyclic) bond motifs is 1. The van der Waals surface area contributed by atoms with Crippen LogP contribution < -0.4 is 5.63 Å². The molecule has 2 aromatic carbocycles. The van der Waals surface area contributed by atoms with Gasteiger partial charge in [0, 0.05) is 12.0 Å². The molecule has 0 unspecified atom stereocenters. The molecule has 142 valence electrons. The van der Waals surface area contributed by atoms with Crippen LogP contribution in [0.5, 0.6) is 11.5 Å². The van der Waals surface area contributed by atoms with Gasteiger partial charge < -0.3 is 14.6 Å². The van der Waals surface area contributed by atoms with Crippen molar-refractivity contribution in [1.82, 2.24) is 0 Å². The van der Waals surface area contributed by atoms with Gasteiger partial charge in [0.15, 0.2) is 0 Å². The lowest BCUT2D eigenvalue weighted by molar-refractivity contribution is 0.445. The zero-order valence-electron chi connectivity index (χ0n) is 16.1. The number of hydrogen-bond donors (Lipinski definition) is 2. The van der Waals surface area contributed by atoms with E-state index in [1.165, 1.54) is 0 Å². The largest absolute Gasteiger partial charge is 0.508 e. The van der Waals surface area contributed by atoms with E-state index in [1.54, 1.807) is 36.4 Å². The van der Waals surface area contributed by atoms with E-state index in [2.05, 4.69) is 20.8 Å². The first-order valence-electron chi connectivity index (χ1n) is 9.39. The van der Waals surface area contributed by atoms with Crippen molar-refractivity contribution in [3.63, 3.8) is 0 Å². The second-order valence-electron chi connectivity index (χ2n) is 7.76. The fourth-order valence-corrected chi connectivity index (χ4v) is 3.38. The zero-order valence-corrected chi connectivity index (χ0v) is 16.1. The van der Waals surface area contributed by atoms with Gasteiger partial charge in [0.25, 0.3) is 0 Å². The van der Waals surface area contributed by atoms with E-state index in [9.17, 15) is 15.0 Å². The molecule has 0 radical (unpaired) electrons. The minimum absolute atomic E-state index is 0.106. The van der Waals surface area contributed by atoms with Gasteiger partial charge in [-0.25, -0.2) is 4.79 Å². The highest BCUT2D eigenvalue weighted by atomic mass is 16.4. The molecule has 3 rings (SSSR count). The highest BCUT2D eigenvalue weighted by Gasteiger charge is 2.22. The molecule has 0 aliphatic carbocycles. The predicted molar refractivity (Wildman–Crippen MR) is 108 cm³/mol. The minimum atomic E-state index is -0.450. The molecule has 1 heterocycles. The lowest BCUT2D eigenvalue weighted by Crippen LogP contribution is -2.17. The van der Waals surface area contributed by atoms with Crippen molar-refractivity contribution in [2.75, 3.05) is 0 Å². The summed E-state index contributed by atoms with van der Waals surface area (Å²) in [6.45, 7) is 6.42. The van der Waals surface area contributed by atoms with Crippen molar-refractivity contribution in [2.45, 2.75) is 51.9 Å². The van der Waals surface area contributed by atoms with E-state index >= 15 is 0 Å². The molecule has 0 amide bonds. The van der Waals surface area contributed by atoms with E-state index < -0.39 is 5.63 Å². The summed E-state index contributed by atoms with van der Waals surface area (Å²) in [5, 5.41) is 21.0. The highest BCUT2D eigenvalue weighted by Crippen LogP contribution is 2.35. The standard InChI is InChI=1S/C23H26O4/c1-4-5-10-23(2,3)17-13-20(25)18-12-16(22(26)27-21(18)14-17)11-15-8-6-7-9-19(15)24/h6-9,12-14,24-25H,4-5,10-11H2,1-3H3. The average Bonchev–Trinajstić information content (AvgIpc) is 2.62. The molecule has 3 aromatic rings. The van der Waals surface area contributed by atoms with E-state index in [0.29, 0.717) is 22.1 Å². The van der Waals surface area contributed by atoms with Crippen molar-refractivity contribution in [1.29, 1.82) is 0 Å². The Morgan fingerprint density at radius 3 is 2.44 bits per heavy atom. The van der Waals surface area contributed by atoms with Crippen LogP contribution in [0.25, 0.3) is 11.0 Å². The molecular formula is C23H26O4. The van der Waals surface area contributed by atoms with Crippen molar-refractivity contribution in [2.24, 2.45) is 0 Å². The summed E-state index contributed by atoms with van der Waals surface area (Å²) in [6, 6.07) is 12.2. The number of aromatic hydroxyl groups is 2. The molecule has 4 heteroatoms. The van der Waals surface area contributed by atoms with Gasteiger partial charge in [0.2, 0.25) is 0 Å². The van der Waals surface area contributed by atoms with Gasteiger partial charge in [-0.2, -0.15) is 0 Å². The number of unbranched alkanes of at least 4 members (excludes halogenated alkanes) is 1. The smallest absolute Gasteiger partial charge is 0.339 e. The number of phenolic OH excluding ortho intramolecular Hbond substituents is 2. The van der Waals surface area contributed by atoms with E-state index in [0.717, 1.165) is 24.8 Å². The summed E-state index contributed by atoms with van der Waals surface area (Å²) < 4.78 is 5.53. The Kier molecular flexibility index (Phi) is 5.26. The van der Waals surface area contributed by atoms with Crippen molar-refractivity contribution in [3.8, 4) is 11.5 Å². The zero-order chi connectivity index (χ0) is 19.6. The van der Waals surface area contributed by atoms with Crippen LogP contribution in [0, 0.1) is 0 Å². The van der Waals surface area contributed by atoms with Crippen molar-refractivity contribution >= 4 is 11.0 Å². The Bertz CT molecular complexity index is 1010. The molecule has 0 aliphatic heterocycles. The normalized spacial score (nSPS) is 11.8. The molecule has 0 atom stereocenters. The van der Waals surface area contributed by atoms with Gasteiger partial charge in [-0.3, -0.25) is 0 Å². The van der Waals surface area contributed by atoms with Gasteiger partial charge in [0.1, 0.15) is 17.1 Å². The van der Waals surface area contributed by atoms with Crippen molar-refractivity contribution < 1.29 is 14.6 Å². The summed E-state index contributed by atoms with van der Waals surface area (Å²) in [6.07, 6.45) is 3.43. The molecular weight excluding hydrogens is 340 g/mol. The fourth-order valence-electron chi connectivity index (χ4n) is 3.38. The SMILES string of the molecule is CCCCC(C)(C)c1cc(O)c2cc(Cc3ccccc3O)c(=O)oc2c1. The van der Waals surface area contributed by atoms with Crippen LogP contribution in [0.4, 0.5) is 0 Å². The molecule has 0 bridgehead atoms. The predicted octanol–water partition coefficient (Wildman–Crippen LogP) is 5.26. The molecule has 0 spiro atoms. The molecule has 0 aliphatic rings. The number of rotatable bonds is 6. The third kappa shape index (κ3) is 4.00. The molecule has 0 saturated heterocycles. The maximum atomic E-state index is 12.5. The first-order chi connectivity index (χ1) is 12.8. The van der Waals surface area contributed by atoms with Gasteiger partial charge in [-0.05, 0) is 47.2 Å². The number of para-hydroxylation sites is 1. The van der Waals surface area contributed by atoms with Gasteiger partial charge in [-0.1, -0.05) is 51.8 Å². The summed E-state index contributed by atoms with van der Waals surface area (Å²) >= 11 is 0. The van der Waals surface area contributed by atoms with Crippen LogP contribution in [0.15, 0.2) is 51.7 Å². The van der Waals surface area contributed by atoms with Crippen LogP contribution >= 0.6 is 0 Å². The third-order valence-electron chi connectivity index (χ3n) is 5.21. The Morgan fingerprint density at radius 2 is 1.74 bits per heavy atom. The summed E-state index contributed by atoms with van der Waals surface area (Å²) in [4.78, 5) is 12.5. The van der Waals surface area contributed by atoms with Gasteiger partial charge in [-0.15, -0.1) is 0 Å². The Labute approximate surface area is 159 Å². The van der Waals surface area contributed by atoms with Crippen LogP contribution in [0.1, 0.15) is 56.7 Å². The van der Waals surface area contributed by atoms with Gasteiger partial charge >= 0.3 is 5.63 Å². The first-order valence-corrected chi connectivity index (χ1v) is 9.39. The molecule has 4 nitrogen and oxygen atoms in total. The molecule has 0 saturated carbocycles. The lowest BCUT2D eigenvalue weighted by Gasteiger charge is -2.25. The van der Waals surface area contributed by atoms with Gasteiger partial charge in [0.05, 0.1) is 5.39 Å². The maximum absolute atomic E-state index is 12.5. The summed E-state index contributed by atoms with van der Waals surface area (Å²) in [5.41, 5.74) is 1.82. The van der Waals surface area contributed by atoms with E-state index in [4.69, 9.17) is 4.42 Å². The summed E-state index contributed by atoms with van der Waals surface area (Å²) in [7, 11) is 0. The Hall–Kier alpha value is -2.75. The third-order valence-corrected chi connectivity index (χ3v) is 5.21. The fraction of sp³-hybridized carbons (Fsp3) is 0.348. The Morgan fingerprint density at radius 1 is 1.00 bits per heavy atom. The van der Waals surface area contributed by atoms with Crippen LogP contribution in [0.3, 0.4) is 0 Å². The number of phenols is 2. The van der Waals surface area contributed by atoms with Crippen molar-refractivity contribution in [3.05, 3.63) is 69.6 Å².